The lowest BCUT2D eigenvalue weighted by atomic mass is 10.4. The van der Waals surface area contributed by atoms with E-state index in [2.05, 4.69) is 11.1 Å². The van der Waals surface area contributed by atoms with Gasteiger partial charge in [-0.2, -0.15) is 0 Å². The van der Waals surface area contributed by atoms with Crippen molar-refractivity contribution in [1.82, 2.24) is 4.98 Å². The number of rotatable bonds is 0. The Balaban J connectivity index is 2.92. The zero-order valence-corrected chi connectivity index (χ0v) is 7.63. The van der Waals surface area contributed by atoms with Gasteiger partial charge in [-0.05, 0) is 12.2 Å². The van der Waals surface area contributed by atoms with Crippen LogP contribution in [0.2, 0.25) is 0 Å². The Kier molecular flexibility index (Phi) is 1.51. The van der Waals surface area contributed by atoms with Gasteiger partial charge in [-0.1, -0.05) is 0 Å². The highest BCUT2D eigenvalue weighted by molar-refractivity contribution is 7.73. The van der Waals surface area contributed by atoms with Crippen LogP contribution in [0.15, 0.2) is 18.5 Å². The lowest BCUT2D eigenvalue weighted by Gasteiger charge is -1.84. The first-order valence-corrected chi connectivity index (χ1v) is 4.46. The molecule has 1 N–H and O–H groups in total. The van der Waals surface area contributed by atoms with Gasteiger partial charge in [0.1, 0.15) is 12.6 Å². The molecule has 0 aliphatic rings. The van der Waals surface area contributed by atoms with Crippen molar-refractivity contribution in [1.29, 1.82) is 0 Å². The van der Waals surface area contributed by atoms with Gasteiger partial charge in [0.25, 0.3) is 0 Å². The normalized spacial score (nSPS) is 10.6. The number of aromatic nitrogens is 2. The van der Waals surface area contributed by atoms with E-state index in [1.807, 2.05) is 24.0 Å². The molecular weight excluding hydrogens is 176 g/mol. The van der Waals surface area contributed by atoms with Crippen molar-refractivity contribution in [3.05, 3.63) is 22.4 Å². The van der Waals surface area contributed by atoms with E-state index in [9.17, 15) is 0 Å². The van der Waals surface area contributed by atoms with Crippen LogP contribution in [0.25, 0.3) is 10.2 Å². The first-order valence-electron chi connectivity index (χ1n) is 3.24. The van der Waals surface area contributed by atoms with Crippen LogP contribution in [-0.2, 0) is 7.05 Å². The Hall–Kier alpha value is -0.740. The Labute approximate surface area is 73.1 Å². The van der Waals surface area contributed by atoms with Gasteiger partial charge in [0, 0.05) is 6.07 Å². The second-order valence-electron chi connectivity index (χ2n) is 2.40. The molecular formula is C7H7N2S2+. The zero-order valence-electron chi connectivity index (χ0n) is 6.00. The number of nitrogens with zero attached hydrogens (tertiary/aromatic N) is 1. The minimum absolute atomic E-state index is 0.839. The van der Waals surface area contributed by atoms with Crippen LogP contribution in [0.3, 0.4) is 0 Å². The van der Waals surface area contributed by atoms with Crippen molar-refractivity contribution < 1.29 is 4.57 Å². The summed E-state index contributed by atoms with van der Waals surface area (Å²) in [6.45, 7) is 0. The molecule has 2 aromatic rings. The van der Waals surface area contributed by atoms with Gasteiger partial charge in [-0.25, -0.2) is 4.57 Å². The summed E-state index contributed by atoms with van der Waals surface area (Å²) >= 11 is 6.62. The summed E-state index contributed by atoms with van der Waals surface area (Å²) < 4.78 is 4.06. The number of H-pyrrole nitrogens is 1. The van der Waals surface area contributed by atoms with Crippen LogP contribution in [0.1, 0.15) is 0 Å². The topological polar surface area (TPSA) is 19.7 Å². The number of hydrogen-bond donors (Lipinski definition) is 1. The van der Waals surface area contributed by atoms with Crippen LogP contribution in [0, 0.1) is 3.95 Å². The zero-order chi connectivity index (χ0) is 7.84. The SMILES string of the molecule is C[n+]1ccc2sc(=S)[nH]c2c1. The Morgan fingerprint density at radius 1 is 1.64 bits per heavy atom. The first-order chi connectivity index (χ1) is 5.25. The van der Waals surface area contributed by atoms with E-state index in [1.54, 1.807) is 11.3 Å². The Morgan fingerprint density at radius 2 is 2.45 bits per heavy atom. The highest BCUT2D eigenvalue weighted by Gasteiger charge is 1.99. The quantitative estimate of drug-likeness (QED) is 0.487. The van der Waals surface area contributed by atoms with Crippen molar-refractivity contribution in [2.45, 2.75) is 0 Å². The number of pyridine rings is 1. The molecule has 2 aromatic heterocycles. The highest BCUT2D eigenvalue weighted by Crippen LogP contribution is 2.15. The van der Waals surface area contributed by atoms with E-state index in [0.29, 0.717) is 0 Å². The smallest absolute Gasteiger partial charge is 0.193 e. The number of thiazole rings is 1. The summed E-state index contributed by atoms with van der Waals surface area (Å²) in [6, 6.07) is 2.06. The van der Waals surface area contributed by atoms with Gasteiger partial charge >= 0.3 is 0 Å². The maximum absolute atomic E-state index is 5.01. The van der Waals surface area contributed by atoms with E-state index in [-0.39, 0.29) is 0 Å². The molecule has 0 aromatic carbocycles. The van der Waals surface area contributed by atoms with Crippen molar-refractivity contribution in [2.24, 2.45) is 7.05 Å². The average Bonchev–Trinajstić information content (AvgIpc) is 2.27. The molecule has 2 nitrogen and oxygen atoms in total. The first kappa shape index (κ1) is 6.94. The lowest BCUT2D eigenvalue weighted by molar-refractivity contribution is -0.670. The molecule has 56 valence electrons. The third-order valence-corrected chi connectivity index (χ3v) is 2.71. The van der Waals surface area contributed by atoms with Crippen LogP contribution < -0.4 is 4.57 Å². The van der Waals surface area contributed by atoms with E-state index >= 15 is 0 Å². The van der Waals surface area contributed by atoms with Gasteiger partial charge in [-0.15, -0.1) is 11.3 Å². The molecule has 0 atom stereocenters. The number of fused-ring (bicyclic) bond motifs is 1. The van der Waals surface area contributed by atoms with Crippen molar-refractivity contribution in [3.8, 4) is 0 Å². The van der Waals surface area contributed by atoms with Crippen molar-refractivity contribution in [3.63, 3.8) is 0 Å². The van der Waals surface area contributed by atoms with E-state index in [4.69, 9.17) is 12.2 Å². The van der Waals surface area contributed by atoms with Crippen LogP contribution in [0.4, 0.5) is 0 Å². The Bertz CT molecular complexity index is 441. The molecule has 11 heavy (non-hydrogen) atoms. The molecule has 0 aliphatic carbocycles. The fraction of sp³-hybridized carbons (Fsp3) is 0.143. The highest BCUT2D eigenvalue weighted by atomic mass is 32.1. The predicted octanol–water partition coefficient (Wildman–Crippen LogP) is 1.78. The molecule has 0 spiro atoms. The minimum atomic E-state index is 0.839. The maximum Gasteiger partial charge on any atom is 0.193 e. The molecule has 2 heterocycles. The fourth-order valence-corrected chi connectivity index (χ4v) is 2.09. The molecule has 0 unspecified atom stereocenters. The number of hydrogen-bond acceptors (Lipinski definition) is 2. The summed E-state index contributed by atoms with van der Waals surface area (Å²) in [5, 5.41) is 0. The molecule has 0 saturated carbocycles. The predicted molar refractivity (Wildman–Crippen MR) is 48.2 cm³/mol. The van der Waals surface area contributed by atoms with Crippen LogP contribution in [-0.4, -0.2) is 4.98 Å². The molecule has 0 fully saturated rings. The standard InChI is InChI=1S/C7H6N2S2/c1-9-3-2-6-5(4-9)8-7(10)11-6/h2-4H,1H3/p+1. The molecule has 4 heteroatoms. The number of aromatic amines is 1. The number of aryl methyl sites for hydroxylation is 1. The second-order valence-corrected chi connectivity index (χ2v) is 4.12. The Morgan fingerprint density at radius 3 is 3.27 bits per heavy atom. The molecule has 0 bridgehead atoms. The lowest BCUT2D eigenvalue weighted by Crippen LogP contribution is -2.25. The fourth-order valence-electron chi connectivity index (χ4n) is 1.00. The van der Waals surface area contributed by atoms with E-state index in [1.165, 1.54) is 4.70 Å². The summed E-state index contributed by atoms with van der Waals surface area (Å²) in [6.07, 6.45) is 4.04. The van der Waals surface area contributed by atoms with Crippen LogP contribution >= 0.6 is 23.6 Å². The largest absolute Gasteiger partial charge is 0.332 e. The molecule has 2 rings (SSSR count). The van der Waals surface area contributed by atoms with Crippen molar-refractivity contribution in [2.75, 3.05) is 0 Å². The van der Waals surface area contributed by atoms with Gasteiger partial charge < -0.3 is 4.98 Å². The molecule has 0 radical (unpaired) electrons. The summed E-state index contributed by atoms with van der Waals surface area (Å²) in [5.41, 5.74) is 1.12. The number of nitrogens with one attached hydrogen (secondary N) is 1. The third kappa shape index (κ3) is 1.19. The molecule has 0 aliphatic heterocycles. The minimum Gasteiger partial charge on any atom is -0.332 e. The summed E-state index contributed by atoms with van der Waals surface area (Å²) in [4.78, 5) is 3.11. The molecule has 0 saturated heterocycles. The monoisotopic (exact) mass is 183 g/mol. The third-order valence-electron chi connectivity index (χ3n) is 1.50. The summed E-state index contributed by atoms with van der Waals surface area (Å²) in [5.74, 6) is 0. The van der Waals surface area contributed by atoms with E-state index in [0.717, 1.165) is 9.47 Å². The average molecular weight is 183 g/mol. The van der Waals surface area contributed by atoms with Crippen LogP contribution in [0.5, 0.6) is 0 Å². The van der Waals surface area contributed by atoms with E-state index < -0.39 is 0 Å². The van der Waals surface area contributed by atoms with Gasteiger partial charge in [-0.3, -0.25) is 0 Å². The second kappa shape index (κ2) is 2.39. The molecule has 0 amide bonds. The van der Waals surface area contributed by atoms with Gasteiger partial charge in [0.05, 0.1) is 4.70 Å². The summed E-state index contributed by atoms with van der Waals surface area (Å²) in [7, 11) is 1.99. The van der Waals surface area contributed by atoms with Gasteiger partial charge in [0.15, 0.2) is 16.3 Å². The maximum atomic E-state index is 5.01. The van der Waals surface area contributed by atoms with Crippen molar-refractivity contribution >= 4 is 33.8 Å². The van der Waals surface area contributed by atoms with Gasteiger partial charge in [0.2, 0.25) is 0 Å².